The first-order chi connectivity index (χ1) is 8.63. The Morgan fingerprint density at radius 3 is 2.83 bits per heavy atom. The minimum Gasteiger partial charge on any atom is -0.508 e. The summed E-state index contributed by atoms with van der Waals surface area (Å²) >= 11 is 0. The van der Waals surface area contributed by atoms with Crippen LogP contribution in [-0.2, 0) is 0 Å². The van der Waals surface area contributed by atoms with E-state index in [1.807, 2.05) is 0 Å². The third-order valence-electron chi connectivity index (χ3n) is 4.34. The van der Waals surface area contributed by atoms with Gasteiger partial charge >= 0.3 is 0 Å². The molecule has 2 fully saturated rings. The van der Waals surface area contributed by atoms with Gasteiger partial charge in [-0.05, 0) is 49.3 Å². The minimum atomic E-state index is -0.166. The van der Waals surface area contributed by atoms with Crippen LogP contribution in [0.15, 0.2) is 18.2 Å². The molecule has 18 heavy (non-hydrogen) atoms. The van der Waals surface area contributed by atoms with Gasteiger partial charge in [0.05, 0.1) is 5.56 Å². The number of carbonyl (C=O) groups excluding carboxylic acids is 1. The summed E-state index contributed by atoms with van der Waals surface area (Å²) in [6.45, 7) is 0. The lowest BCUT2D eigenvalue weighted by molar-refractivity contribution is 0.0923. The number of hydrogen-bond acceptors (Lipinski definition) is 3. The molecule has 4 heteroatoms. The van der Waals surface area contributed by atoms with E-state index >= 15 is 0 Å². The second-order valence-corrected chi connectivity index (χ2v) is 5.53. The molecule has 96 valence electrons. The number of benzene rings is 1. The molecule has 4 nitrogen and oxygen atoms in total. The SMILES string of the molecule is Nc1ccc(O)cc1C(=O)NC1CC2CCC1C2. The van der Waals surface area contributed by atoms with E-state index in [2.05, 4.69) is 5.32 Å². The van der Waals surface area contributed by atoms with Gasteiger partial charge in [0.15, 0.2) is 0 Å². The zero-order valence-corrected chi connectivity index (χ0v) is 10.2. The largest absolute Gasteiger partial charge is 0.508 e. The van der Waals surface area contributed by atoms with Gasteiger partial charge in [-0.25, -0.2) is 0 Å². The Kier molecular flexibility index (Phi) is 2.65. The van der Waals surface area contributed by atoms with Gasteiger partial charge in [0, 0.05) is 11.7 Å². The maximum Gasteiger partial charge on any atom is 0.253 e. The summed E-state index contributed by atoms with van der Waals surface area (Å²) in [4.78, 5) is 12.1. The van der Waals surface area contributed by atoms with Crippen LogP contribution in [0.5, 0.6) is 5.75 Å². The first kappa shape index (κ1) is 11.4. The van der Waals surface area contributed by atoms with Crippen molar-refractivity contribution < 1.29 is 9.90 Å². The highest BCUT2D eigenvalue weighted by molar-refractivity contribution is 5.99. The first-order valence-electron chi connectivity index (χ1n) is 6.53. The van der Waals surface area contributed by atoms with Crippen molar-refractivity contribution in [1.29, 1.82) is 0 Å². The van der Waals surface area contributed by atoms with Gasteiger partial charge in [-0.15, -0.1) is 0 Å². The Balaban J connectivity index is 1.73. The minimum absolute atomic E-state index is 0.0716. The number of hydrogen-bond donors (Lipinski definition) is 3. The number of carbonyl (C=O) groups is 1. The molecule has 0 radical (unpaired) electrons. The molecule has 0 aliphatic heterocycles. The summed E-state index contributed by atoms with van der Waals surface area (Å²) in [5.74, 6) is 1.34. The van der Waals surface area contributed by atoms with Gasteiger partial charge in [-0.2, -0.15) is 0 Å². The molecule has 3 atom stereocenters. The van der Waals surface area contributed by atoms with Crippen LogP contribution in [0.3, 0.4) is 0 Å². The summed E-state index contributed by atoms with van der Waals surface area (Å²) < 4.78 is 0. The normalized spacial score (nSPS) is 29.4. The lowest BCUT2D eigenvalue weighted by Gasteiger charge is -2.23. The molecule has 2 aliphatic rings. The van der Waals surface area contributed by atoms with Crippen molar-refractivity contribution in [2.24, 2.45) is 11.8 Å². The van der Waals surface area contributed by atoms with Crippen LogP contribution < -0.4 is 11.1 Å². The Labute approximate surface area is 106 Å². The number of nitrogens with two attached hydrogens (primary N) is 1. The van der Waals surface area contributed by atoms with Gasteiger partial charge < -0.3 is 16.2 Å². The van der Waals surface area contributed by atoms with Crippen molar-refractivity contribution in [3.8, 4) is 5.75 Å². The quantitative estimate of drug-likeness (QED) is 0.551. The van der Waals surface area contributed by atoms with Gasteiger partial charge in [0.25, 0.3) is 5.91 Å². The van der Waals surface area contributed by atoms with Crippen LogP contribution in [-0.4, -0.2) is 17.1 Å². The molecule has 0 spiro atoms. The zero-order chi connectivity index (χ0) is 12.7. The number of fused-ring (bicyclic) bond motifs is 2. The Morgan fingerprint density at radius 1 is 1.33 bits per heavy atom. The van der Waals surface area contributed by atoms with Crippen molar-refractivity contribution in [3.63, 3.8) is 0 Å². The van der Waals surface area contributed by atoms with Crippen LogP contribution in [0.1, 0.15) is 36.0 Å². The van der Waals surface area contributed by atoms with Crippen LogP contribution in [0.25, 0.3) is 0 Å². The summed E-state index contributed by atoms with van der Waals surface area (Å²) in [5, 5.41) is 12.5. The molecule has 3 rings (SSSR count). The third kappa shape index (κ3) is 1.92. The molecule has 2 saturated carbocycles. The zero-order valence-electron chi connectivity index (χ0n) is 10.2. The Hall–Kier alpha value is -1.71. The fraction of sp³-hybridized carbons (Fsp3) is 0.500. The van der Waals surface area contributed by atoms with E-state index in [1.165, 1.54) is 31.4 Å². The van der Waals surface area contributed by atoms with Gasteiger partial charge in [0.1, 0.15) is 5.75 Å². The molecule has 0 aromatic heterocycles. The molecule has 4 N–H and O–H groups in total. The fourth-order valence-corrected chi connectivity index (χ4v) is 3.41. The first-order valence-corrected chi connectivity index (χ1v) is 6.53. The molecule has 0 saturated heterocycles. The van der Waals surface area contributed by atoms with Gasteiger partial charge in [-0.3, -0.25) is 4.79 Å². The lowest BCUT2D eigenvalue weighted by Crippen LogP contribution is -2.38. The standard InChI is InChI=1S/C14H18N2O2/c15-12-4-3-10(17)7-11(12)14(18)16-13-6-8-1-2-9(13)5-8/h3-4,7-9,13,17H,1-2,5-6,15H2,(H,16,18). The van der Waals surface area contributed by atoms with Crippen LogP contribution >= 0.6 is 0 Å². The summed E-state index contributed by atoms with van der Waals surface area (Å²) in [6, 6.07) is 4.77. The molecular formula is C14H18N2O2. The molecular weight excluding hydrogens is 228 g/mol. The smallest absolute Gasteiger partial charge is 0.253 e. The molecule has 1 aromatic carbocycles. The van der Waals surface area contributed by atoms with E-state index in [-0.39, 0.29) is 17.7 Å². The van der Waals surface area contributed by atoms with Crippen LogP contribution in [0.2, 0.25) is 0 Å². The number of aromatic hydroxyl groups is 1. The molecule has 2 bridgehead atoms. The van der Waals surface area contributed by atoms with Gasteiger partial charge in [0.2, 0.25) is 0 Å². The molecule has 0 heterocycles. The van der Waals surface area contributed by atoms with E-state index in [4.69, 9.17) is 5.73 Å². The topological polar surface area (TPSA) is 75.3 Å². The van der Waals surface area contributed by atoms with Crippen LogP contribution in [0, 0.1) is 11.8 Å². The predicted octanol–water partition coefficient (Wildman–Crippen LogP) is 1.89. The second-order valence-electron chi connectivity index (χ2n) is 5.53. The summed E-state index contributed by atoms with van der Waals surface area (Å²) in [7, 11) is 0. The number of nitrogens with one attached hydrogen (secondary N) is 1. The van der Waals surface area contributed by atoms with E-state index in [9.17, 15) is 9.90 Å². The number of anilines is 1. The number of nitrogen functional groups attached to an aromatic ring is 1. The number of phenols is 1. The maximum atomic E-state index is 12.1. The maximum absolute atomic E-state index is 12.1. The number of rotatable bonds is 2. The van der Waals surface area contributed by atoms with Gasteiger partial charge in [-0.1, -0.05) is 6.42 Å². The van der Waals surface area contributed by atoms with Crippen molar-refractivity contribution in [1.82, 2.24) is 5.32 Å². The van der Waals surface area contributed by atoms with E-state index in [0.29, 0.717) is 17.2 Å². The van der Waals surface area contributed by atoms with E-state index in [0.717, 1.165) is 12.3 Å². The second kappa shape index (κ2) is 4.19. The lowest BCUT2D eigenvalue weighted by atomic mass is 9.95. The predicted molar refractivity (Wildman–Crippen MR) is 69.2 cm³/mol. The summed E-state index contributed by atoms with van der Waals surface area (Å²) in [6.07, 6.45) is 4.88. The van der Waals surface area contributed by atoms with Crippen molar-refractivity contribution in [2.45, 2.75) is 31.7 Å². The molecule has 1 amide bonds. The average Bonchev–Trinajstić information content (AvgIpc) is 2.94. The number of phenolic OH excluding ortho intramolecular Hbond substituents is 1. The summed E-state index contributed by atoms with van der Waals surface area (Å²) in [5.41, 5.74) is 6.55. The highest BCUT2D eigenvalue weighted by Gasteiger charge is 2.40. The Morgan fingerprint density at radius 2 is 2.17 bits per heavy atom. The van der Waals surface area contributed by atoms with Crippen LogP contribution in [0.4, 0.5) is 5.69 Å². The average molecular weight is 246 g/mol. The highest BCUT2D eigenvalue weighted by Crippen LogP contribution is 2.44. The fourth-order valence-electron chi connectivity index (χ4n) is 3.41. The third-order valence-corrected chi connectivity index (χ3v) is 4.34. The number of amides is 1. The highest BCUT2D eigenvalue weighted by atomic mass is 16.3. The Bertz CT molecular complexity index is 487. The van der Waals surface area contributed by atoms with Crippen molar-refractivity contribution >= 4 is 11.6 Å². The van der Waals surface area contributed by atoms with Crippen molar-refractivity contribution in [2.75, 3.05) is 5.73 Å². The molecule has 3 unspecified atom stereocenters. The van der Waals surface area contributed by atoms with E-state index < -0.39 is 0 Å². The molecule has 1 aromatic rings. The molecule has 2 aliphatic carbocycles. The van der Waals surface area contributed by atoms with Crippen molar-refractivity contribution in [3.05, 3.63) is 23.8 Å². The van der Waals surface area contributed by atoms with E-state index in [1.54, 1.807) is 6.07 Å². The monoisotopic (exact) mass is 246 g/mol.